The summed E-state index contributed by atoms with van der Waals surface area (Å²) in [5, 5.41) is 4.51. The fourth-order valence-corrected chi connectivity index (χ4v) is 3.35. The van der Waals surface area contributed by atoms with Crippen molar-refractivity contribution < 1.29 is 4.79 Å². The van der Waals surface area contributed by atoms with Crippen molar-refractivity contribution in [2.45, 2.75) is 45.6 Å². The molecule has 1 saturated heterocycles. The van der Waals surface area contributed by atoms with Gasteiger partial charge in [-0.25, -0.2) is 9.67 Å². The van der Waals surface area contributed by atoms with Gasteiger partial charge in [0, 0.05) is 19.1 Å². The summed E-state index contributed by atoms with van der Waals surface area (Å²) in [4.78, 5) is 19.0. The average molecular weight is 327 g/mol. The molecule has 2 heterocycles. The van der Waals surface area contributed by atoms with Crippen LogP contribution in [0.4, 0.5) is 0 Å². The van der Waals surface area contributed by atoms with E-state index in [4.69, 9.17) is 5.73 Å². The van der Waals surface area contributed by atoms with Crippen molar-refractivity contribution in [1.82, 2.24) is 19.7 Å². The van der Waals surface area contributed by atoms with Gasteiger partial charge in [0.1, 0.15) is 5.82 Å². The van der Waals surface area contributed by atoms with Crippen molar-refractivity contribution in [1.29, 1.82) is 0 Å². The van der Waals surface area contributed by atoms with Gasteiger partial charge >= 0.3 is 0 Å². The normalized spacial score (nSPS) is 17.7. The zero-order valence-corrected chi connectivity index (χ0v) is 14.6. The second-order valence-corrected chi connectivity index (χ2v) is 6.64. The molecule has 1 aromatic heterocycles. The van der Waals surface area contributed by atoms with E-state index in [1.165, 1.54) is 5.56 Å². The summed E-state index contributed by atoms with van der Waals surface area (Å²) in [5.74, 6) is 1.22. The van der Waals surface area contributed by atoms with Crippen LogP contribution in [0.15, 0.2) is 24.3 Å². The molecule has 2 aromatic rings. The Balaban J connectivity index is 1.95. The predicted octanol–water partition coefficient (Wildman–Crippen LogP) is 2.26. The van der Waals surface area contributed by atoms with Crippen LogP contribution < -0.4 is 5.73 Å². The highest BCUT2D eigenvalue weighted by Crippen LogP contribution is 2.24. The lowest BCUT2D eigenvalue weighted by Crippen LogP contribution is -2.40. The maximum atomic E-state index is 12.8. The average Bonchev–Trinajstić information content (AvgIpc) is 3.20. The molecule has 0 aliphatic carbocycles. The van der Waals surface area contributed by atoms with Gasteiger partial charge in [-0.1, -0.05) is 32.0 Å². The zero-order chi connectivity index (χ0) is 17.3. The quantitative estimate of drug-likeness (QED) is 0.934. The first-order chi connectivity index (χ1) is 11.5. The van der Waals surface area contributed by atoms with Gasteiger partial charge in [-0.15, -0.1) is 5.10 Å². The van der Waals surface area contributed by atoms with Crippen LogP contribution in [-0.4, -0.2) is 44.7 Å². The van der Waals surface area contributed by atoms with Gasteiger partial charge in [0.2, 0.25) is 5.82 Å². The molecule has 1 aliphatic rings. The Kier molecular flexibility index (Phi) is 4.66. The molecule has 0 bridgehead atoms. The van der Waals surface area contributed by atoms with Gasteiger partial charge in [0.05, 0.1) is 5.69 Å². The first-order valence-corrected chi connectivity index (χ1v) is 8.57. The van der Waals surface area contributed by atoms with Crippen LogP contribution in [0.25, 0.3) is 5.69 Å². The molecule has 0 radical (unpaired) electrons. The summed E-state index contributed by atoms with van der Waals surface area (Å²) < 4.78 is 1.77. The number of carbonyl (C=O) groups excluding carboxylic acids is 1. The Hall–Kier alpha value is -2.21. The maximum absolute atomic E-state index is 12.8. The number of amides is 1. The molecule has 1 fully saturated rings. The van der Waals surface area contributed by atoms with Crippen molar-refractivity contribution in [2.75, 3.05) is 13.1 Å². The first kappa shape index (κ1) is 16.6. The molecule has 1 unspecified atom stereocenters. The van der Waals surface area contributed by atoms with Crippen LogP contribution >= 0.6 is 0 Å². The Labute approximate surface area is 142 Å². The molecule has 1 atom stereocenters. The molecule has 128 valence electrons. The number of likely N-dealkylation sites (tertiary alicyclic amines) is 1. The largest absolute Gasteiger partial charge is 0.332 e. The molecule has 24 heavy (non-hydrogen) atoms. The zero-order valence-electron chi connectivity index (χ0n) is 14.6. The molecule has 1 amide bonds. The predicted molar refractivity (Wildman–Crippen MR) is 93.3 cm³/mol. The number of hydrogen-bond donors (Lipinski definition) is 1. The Bertz CT molecular complexity index is 737. The smallest absolute Gasteiger partial charge is 0.293 e. The standard InChI is InChI=1S/C18H25N5O/c1-12(2)15-8-4-5-9-16(15)23-13(3)20-17(21-23)18(24)22-10-6-7-14(22)11-19/h4-5,8-9,12,14H,6-7,10-11,19H2,1-3H3. The molecule has 0 spiro atoms. The summed E-state index contributed by atoms with van der Waals surface area (Å²) in [6.45, 7) is 7.39. The fraction of sp³-hybridized carbons (Fsp3) is 0.500. The maximum Gasteiger partial charge on any atom is 0.293 e. The molecular weight excluding hydrogens is 302 g/mol. The molecular formula is C18H25N5O. The molecule has 2 N–H and O–H groups in total. The summed E-state index contributed by atoms with van der Waals surface area (Å²) in [7, 11) is 0. The second-order valence-electron chi connectivity index (χ2n) is 6.64. The lowest BCUT2D eigenvalue weighted by Gasteiger charge is -2.21. The van der Waals surface area contributed by atoms with Crippen molar-refractivity contribution in [3.05, 3.63) is 41.5 Å². The van der Waals surface area contributed by atoms with Crippen molar-refractivity contribution >= 4 is 5.91 Å². The molecule has 6 heteroatoms. The fourth-order valence-electron chi connectivity index (χ4n) is 3.35. The van der Waals surface area contributed by atoms with Crippen LogP contribution in [-0.2, 0) is 0 Å². The van der Waals surface area contributed by atoms with Crippen molar-refractivity contribution in [3.8, 4) is 5.69 Å². The van der Waals surface area contributed by atoms with E-state index in [-0.39, 0.29) is 17.8 Å². The van der Waals surface area contributed by atoms with Gasteiger partial charge in [-0.2, -0.15) is 0 Å². The van der Waals surface area contributed by atoms with E-state index < -0.39 is 0 Å². The van der Waals surface area contributed by atoms with Gasteiger partial charge in [-0.05, 0) is 37.3 Å². The Morgan fingerprint density at radius 3 is 2.83 bits per heavy atom. The first-order valence-electron chi connectivity index (χ1n) is 8.57. The Morgan fingerprint density at radius 2 is 2.12 bits per heavy atom. The van der Waals surface area contributed by atoms with E-state index in [1.54, 1.807) is 4.68 Å². The number of carbonyl (C=O) groups is 1. The van der Waals surface area contributed by atoms with E-state index in [0.717, 1.165) is 30.9 Å². The van der Waals surface area contributed by atoms with Crippen LogP contribution in [0.5, 0.6) is 0 Å². The summed E-state index contributed by atoms with van der Waals surface area (Å²) in [6.07, 6.45) is 1.95. The van der Waals surface area contributed by atoms with Gasteiger partial charge in [0.25, 0.3) is 5.91 Å². The summed E-state index contributed by atoms with van der Waals surface area (Å²) in [6, 6.07) is 8.21. The highest BCUT2D eigenvalue weighted by Gasteiger charge is 2.31. The Morgan fingerprint density at radius 1 is 1.38 bits per heavy atom. The number of aromatic nitrogens is 3. The van der Waals surface area contributed by atoms with E-state index >= 15 is 0 Å². The molecule has 3 rings (SSSR count). The molecule has 1 aliphatic heterocycles. The van der Waals surface area contributed by atoms with Gasteiger partial charge < -0.3 is 10.6 Å². The molecule has 1 aromatic carbocycles. The number of nitrogens with two attached hydrogens (primary N) is 1. The van der Waals surface area contributed by atoms with Crippen molar-refractivity contribution in [3.63, 3.8) is 0 Å². The third kappa shape index (κ3) is 2.94. The van der Waals surface area contributed by atoms with E-state index in [9.17, 15) is 4.79 Å². The number of rotatable bonds is 4. The van der Waals surface area contributed by atoms with Gasteiger partial charge in [-0.3, -0.25) is 4.79 Å². The second kappa shape index (κ2) is 6.73. The molecule has 0 saturated carbocycles. The lowest BCUT2D eigenvalue weighted by atomic mass is 10.0. The third-order valence-corrected chi connectivity index (χ3v) is 4.66. The third-order valence-electron chi connectivity index (χ3n) is 4.66. The molecule has 6 nitrogen and oxygen atoms in total. The minimum atomic E-state index is -0.119. The minimum Gasteiger partial charge on any atom is -0.332 e. The number of para-hydroxylation sites is 1. The van der Waals surface area contributed by atoms with Crippen LogP contribution in [0, 0.1) is 6.92 Å². The summed E-state index contributed by atoms with van der Waals surface area (Å²) >= 11 is 0. The highest BCUT2D eigenvalue weighted by atomic mass is 16.2. The number of aryl methyl sites for hydroxylation is 1. The van der Waals surface area contributed by atoms with E-state index in [2.05, 4.69) is 30.0 Å². The number of hydrogen-bond acceptors (Lipinski definition) is 4. The van der Waals surface area contributed by atoms with Crippen LogP contribution in [0.2, 0.25) is 0 Å². The topological polar surface area (TPSA) is 77.0 Å². The SMILES string of the molecule is Cc1nc(C(=O)N2CCCC2CN)nn1-c1ccccc1C(C)C. The van der Waals surface area contributed by atoms with Crippen molar-refractivity contribution in [2.24, 2.45) is 5.73 Å². The van der Waals surface area contributed by atoms with Gasteiger partial charge in [0.15, 0.2) is 0 Å². The highest BCUT2D eigenvalue weighted by molar-refractivity contribution is 5.91. The van der Waals surface area contributed by atoms with Crippen LogP contribution in [0.1, 0.15) is 54.6 Å². The summed E-state index contributed by atoms with van der Waals surface area (Å²) in [5.41, 5.74) is 7.95. The number of nitrogens with zero attached hydrogens (tertiary/aromatic N) is 4. The van der Waals surface area contributed by atoms with Crippen LogP contribution in [0.3, 0.4) is 0 Å². The van der Waals surface area contributed by atoms with E-state index in [1.807, 2.05) is 30.0 Å². The lowest BCUT2D eigenvalue weighted by molar-refractivity contribution is 0.0729. The monoisotopic (exact) mass is 327 g/mol. The van der Waals surface area contributed by atoms with E-state index in [0.29, 0.717) is 12.5 Å². The minimum absolute atomic E-state index is 0.104. The number of benzene rings is 1.